The average Bonchev–Trinajstić information content (AvgIpc) is 2.60. The van der Waals surface area contributed by atoms with E-state index in [0.717, 1.165) is 35.1 Å². The van der Waals surface area contributed by atoms with E-state index >= 15 is 0 Å². The molecule has 0 amide bonds. The van der Waals surface area contributed by atoms with Gasteiger partial charge in [-0.05, 0) is 37.0 Å². The number of para-hydroxylation sites is 1. The van der Waals surface area contributed by atoms with Gasteiger partial charge in [0.2, 0.25) is 0 Å². The maximum Gasteiger partial charge on any atom is 0.137 e. The highest BCUT2D eigenvalue weighted by Gasteiger charge is 2.14. The number of nitrogens with zero attached hydrogens (tertiary/aromatic N) is 2. The van der Waals surface area contributed by atoms with Crippen molar-refractivity contribution in [2.45, 2.75) is 25.8 Å². The van der Waals surface area contributed by atoms with Crippen LogP contribution in [0, 0.1) is 6.92 Å². The summed E-state index contributed by atoms with van der Waals surface area (Å²) in [6.45, 7) is 2.24. The summed E-state index contributed by atoms with van der Waals surface area (Å²) >= 11 is 0. The van der Waals surface area contributed by atoms with Crippen LogP contribution >= 0.6 is 0 Å². The second-order valence-electron chi connectivity index (χ2n) is 5.67. The van der Waals surface area contributed by atoms with Crippen LogP contribution in [0.3, 0.4) is 0 Å². The van der Waals surface area contributed by atoms with Crippen LogP contribution < -0.4 is 5.32 Å². The largest absolute Gasteiger partial charge is 0.396 e. The van der Waals surface area contributed by atoms with Crippen LogP contribution in [0.5, 0.6) is 0 Å². The van der Waals surface area contributed by atoms with Crippen LogP contribution in [0.25, 0.3) is 10.9 Å². The number of aromatic nitrogens is 2. The molecule has 0 radical (unpaired) electrons. The predicted octanol–water partition coefficient (Wildman–Crippen LogP) is 3.86. The molecule has 1 aromatic heterocycles. The van der Waals surface area contributed by atoms with Crippen LogP contribution in [-0.2, 0) is 0 Å². The van der Waals surface area contributed by atoms with Gasteiger partial charge in [0.15, 0.2) is 0 Å². The summed E-state index contributed by atoms with van der Waals surface area (Å²) in [6, 6.07) is 16.5. The van der Waals surface area contributed by atoms with Gasteiger partial charge < -0.3 is 10.4 Å². The monoisotopic (exact) mass is 307 g/mol. The molecule has 0 saturated heterocycles. The number of fused-ring (bicyclic) bond motifs is 1. The first-order chi connectivity index (χ1) is 11.3. The van der Waals surface area contributed by atoms with Gasteiger partial charge in [0.05, 0.1) is 11.6 Å². The van der Waals surface area contributed by atoms with E-state index in [4.69, 9.17) is 0 Å². The summed E-state index contributed by atoms with van der Waals surface area (Å²) in [4.78, 5) is 8.83. The van der Waals surface area contributed by atoms with Crippen molar-refractivity contribution in [3.05, 3.63) is 66.0 Å². The highest BCUT2D eigenvalue weighted by atomic mass is 16.2. The third-order valence-corrected chi connectivity index (χ3v) is 4.03. The fourth-order valence-electron chi connectivity index (χ4n) is 2.82. The van der Waals surface area contributed by atoms with Gasteiger partial charge in [0.25, 0.3) is 0 Å². The highest BCUT2D eigenvalue weighted by Crippen LogP contribution is 2.27. The van der Waals surface area contributed by atoms with Crippen LogP contribution in [-0.4, -0.2) is 21.7 Å². The number of rotatable bonds is 6. The summed E-state index contributed by atoms with van der Waals surface area (Å²) < 4.78 is 0. The normalized spacial score (nSPS) is 12.3. The molecular formula is C19H21N3O. The number of anilines is 1. The molecule has 0 aliphatic rings. The molecule has 23 heavy (non-hydrogen) atoms. The van der Waals surface area contributed by atoms with Crippen molar-refractivity contribution in [2.75, 3.05) is 11.9 Å². The van der Waals surface area contributed by atoms with Gasteiger partial charge in [-0.25, -0.2) is 9.97 Å². The number of aliphatic hydroxyl groups is 1. The molecule has 2 aromatic carbocycles. The Labute approximate surface area is 136 Å². The van der Waals surface area contributed by atoms with Gasteiger partial charge >= 0.3 is 0 Å². The van der Waals surface area contributed by atoms with E-state index in [1.165, 1.54) is 5.56 Å². The van der Waals surface area contributed by atoms with Gasteiger partial charge in [-0.1, -0.05) is 42.5 Å². The second-order valence-corrected chi connectivity index (χ2v) is 5.67. The summed E-state index contributed by atoms with van der Waals surface area (Å²) in [7, 11) is 0. The van der Waals surface area contributed by atoms with E-state index in [9.17, 15) is 5.11 Å². The van der Waals surface area contributed by atoms with Gasteiger partial charge in [-0.3, -0.25) is 0 Å². The fourth-order valence-corrected chi connectivity index (χ4v) is 2.82. The first-order valence-corrected chi connectivity index (χ1v) is 7.92. The quantitative estimate of drug-likeness (QED) is 0.726. The molecular weight excluding hydrogens is 286 g/mol. The molecule has 1 atom stereocenters. The number of aliphatic hydroxyl groups excluding tert-OH is 1. The lowest BCUT2D eigenvalue weighted by Crippen LogP contribution is -2.13. The van der Waals surface area contributed by atoms with Gasteiger partial charge in [0.1, 0.15) is 12.1 Å². The molecule has 0 aliphatic carbocycles. The molecule has 0 aliphatic heterocycles. The summed E-state index contributed by atoms with van der Waals surface area (Å²) in [5, 5.41) is 13.7. The Morgan fingerprint density at radius 3 is 2.65 bits per heavy atom. The van der Waals surface area contributed by atoms with E-state index in [2.05, 4.69) is 40.4 Å². The van der Waals surface area contributed by atoms with Crippen molar-refractivity contribution in [1.82, 2.24) is 9.97 Å². The van der Waals surface area contributed by atoms with E-state index < -0.39 is 0 Å². The first-order valence-electron chi connectivity index (χ1n) is 7.92. The van der Waals surface area contributed by atoms with Crippen molar-refractivity contribution in [3.8, 4) is 0 Å². The molecule has 118 valence electrons. The molecule has 4 heteroatoms. The second kappa shape index (κ2) is 7.20. The van der Waals surface area contributed by atoms with E-state index in [1.54, 1.807) is 6.33 Å². The van der Waals surface area contributed by atoms with Crippen LogP contribution in [0.4, 0.5) is 5.82 Å². The number of hydrogen-bond acceptors (Lipinski definition) is 4. The minimum atomic E-state index is 0.113. The molecule has 3 aromatic rings. The molecule has 0 spiro atoms. The Morgan fingerprint density at radius 2 is 1.87 bits per heavy atom. The van der Waals surface area contributed by atoms with Crippen LogP contribution in [0.2, 0.25) is 0 Å². The van der Waals surface area contributed by atoms with Crippen molar-refractivity contribution in [1.29, 1.82) is 0 Å². The zero-order valence-electron chi connectivity index (χ0n) is 13.2. The molecule has 0 fully saturated rings. The minimum Gasteiger partial charge on any atom is -0.396 e. The molecule has 4 nitrogen and oxygen atoms in total. The van der Waals surface area contributed by atoms with Crippen molar-refractivity contribution in [3.63, 3.8) is 0 Å². The van der Waals surface area contributed by atoms with Crippen molar-refractivity contribution < 1.29 is 5.11 Å². The number of aryl methyl sites for hydroxylation is 1. The molecule has 2 N–H and O–H groups in total. The van der Waals surface area contributed by atoms with Crippen molar-refractivity contribution >= 4 is 16.7 Å². The third-order valence-electron chi connectivity index (χ3n) is 4.03. The Kier molecular flexibility index (Phi) is 4.83. The Morgan fingerprint density at radius 1 is 1.04 bits per heavy atom. The lowest BCUT2D eigenvalue weighted by atomic mass is 10.0. The molecule has 0 bridgehead atoms. The topological polar surface area (TPSA) is 58.0 Å². The number of nitrogens with one attached hydrogen (secondary N) is 1. The highest BCUT2D eigenvalue weighted by molar-refractivity contribution is 5.90. The van der Waals surface area contributed by atoms with Crippen molar-refractivity contribution in [2.24, 2.45) is 0 Å². The van der Waals surface area contributed by atoms with Gasteiger partial charge in [-0.2, -0.15) is 0 Å². The standard InChI is InChI=1S/C19H21N3O/c1-14-7-5-10-16-18(14)20-13-21-19(16)22-17(11-6-12-23)15-8-3-2-4-9-15/h2-5,7-10,13,17,23H,6,11-12H2,1H3,(H,20,21,22). The maximum atomic E-state index is 9.18. The molecule has 0 saturated carbocycles. The zero-order valence-corrected chi connectivity index (χ0v) is 13.2. The average molecular weight is 307 g/mol. The Balaban J connectivity index is 1.95. The lowest BCUT2D eigenvalue weighted by Gasteiger charge is -2.20. The smallest absolute Gasteiger partial charge is 0.137 e. The number of benzene rings is 2. The van der Waals surface area contributed by atoms with Gasteiger partial charge in [0, 0.05) is 12.0 Å². The molecule has 3 rings (SSSR count). The summed E-state index contributed by atoms with van der Waals surface area (Å²) in [6.07, 6.45) is 3.19. The molecule has 1 unspecified atom stereocenters. The first kappa shape index (κ1) is 15.4. The lowest BCUT2D eigenvalue weighted by molar-refractivity contribution is 0.281. The SMILES string of the molecule is Cc1cccc2c(NC(CCCO)c3ccccc3)ncnc12. The third kappa shape index (κ3) is 3.48. The molecule has 1 heterocycles. The fraction of sp³-hybridized carbons (Fsp3) is 0.263. The Bertz CT molecular complexity index is 774. The summed E-state index contributed by atoms with van der Waals surface area (Å²) in [5.74, 6) is 0.838. The van der Waals surface area contributed by atoms with E-state index in [-0.39, 0.29) is 12.6 Å². The van der Waals surface area contributed by atoms with E-state index in [0.29, 0.717) is 0 Å². The summed E-state index contributed by atoms with van der Waals surface area (Å²) in [5.41, 5.74) is 3.30. The Hall–Kier alpha value is -2.46. The zero-order chi connectivity index (χ0) is 16.1. The number of hydrogen-bond donors (Lipinski definition) is 2. The minimum absolute atomic E-state index is 0.113. The van der Waals surface area contributed by atoms with E-state index in [1.807, 2.05) is 30.3 Å². The van der Waals surface area contributed by atoms with Crippen LogP contribution in [0.15, 0.2) is 54.9 Å². The maximum absolute atomic E-state index is 9.18. The predicted molar refractivity (Wildman–Crippen MR) is 93.4 cm³/mol. The van der Waals surface area contributed by atoms with Crippen LogP contribution in [0.1, 0.15) is 30.0 Å². The van der Waals surface area contributed by atoms with Gasteiger partial charge in [-0.15, -0.1) is 0 Å².